The highest BCUT2D eigenvalue weighted by Gasteiger charge is 2.31. The minimum absolute atomic E-state index is 0. The monoisotopic (exact) mass is 200 g/mol. The maximum Gasteiger partial charge on any atom is 0.0405 e. The molecular weight excluding hydrogens is 183 g/mol. The molecule has 0 bridgehead atoms. The molecule has 4 heteroatoms. The summed E-state index contributed by atoms with van der Waals surface area (Å²) in [6.07, 6.45) is 0. The third-order valence-corrected chi connectivity index (χ3v) is 1.67. The van der Waals surface area contributed by atoms with Crippen LogP contribution in [0.1, 0.15) is 20.8 Å². The van der Waals surface area contributed by atoms with Gasteiger partial charge in [-0.25, -0.2) is 0 Å². The molecule has 2 nitrogen and oxygen atoms in total. The van der Waals surface area contributed by atoms with Gasteiger partial charge in [0.05, 0.1) is 0 Å². The molecule has 0 aromatic carbocycles. The molecule has 11 heavy (non-hydrogen) atoms. The molecule has 1 saturated heterocycles. The Morgan fingerprint density at radius 3 is 1.82 bits per heavy atom. The Hall–Kier alpha value is 0.500. The molecule has 1 rings (SSSR count). The maximum atomic E-state index is 3.49. The molecule has 0 spiro atoms. The van der Waals surface area contributed by atoms with Crippen LogP contribution >= 0.6 is 24.8 Å². The van der Waals surface area contributed by atoms with E-state index in [2.05, 4.69) is 31.4 Å². The number of rotatable bonds is 2. The third-order valence-electron chi connectivity index (χ3n) is 1.67. The van der Waals surface area contributed by atoms with Crippen LogP contribution in [0.25, 0.3) is 0 Å². The molecular formula is C7H18Cl2N2. The molecule has 1 aliphatic heterocycles. The number of halogens is 2. The van der Waals surface area contributed by atoms with Crippen molar-refractivity contribution in [3.63, 3.8) is 0 Å². The molecule has 0 aliphatic carbocycles. The van der Waals surface area contributed by atoms with Gasteiger partial charge in [0.1, 0.15) is 0 Å². The van der Waals surface area contributed by atoms with Crippen molar-refractivity contribution < 1.29 is 0 Å². The zero-order chi connectivity index (χ0) is 6.91. The van der Waals surface area contributed by atoms with Gasteiger partial charge in [-0.1, -0.05) is 13.8 Å². The molecule has 1 heterocycles. The van der Waals surface area contributed by atoms with Crippen molar-refractivity contribution in [3.05, 3.63) is 0 Å². The summed E-state index contributed by atoms with van der Waals surface area (Å²) in [5.41, 5.74) is 0.383. The molecule has 1 fully saturated rings. The van der Waals surface area contributed by atoms with E-state index < -0.39 is 0 Å². The summed E-state index contributed by atoms with van der Waals surface area (Å²) in [7, 11) is 0. The van der Waals surface area contributed by atoms with Crippen LogP contribution in [0.15, 0.2) is 0 Å². The van der Waals surface area contributed by atoms with E-state index in [1.54, 1.807) is 0 Å². The van der Waals surface area contributed by atoms with E-state index in [1.165, 1.54) is 0 Å². The SMILES string of the molecule is CC(C)NC1(C)CNC1.Cl.Cl. The van der Waals surface area contributed by atoms with Gasteiger partial charge in [0.15, 0.2) is 0 Å². The predicted octanol–water partition coefficient (Wildman–Crippen LogP) is 1.19. The Morgan fingerprint density at radius 1 is 1.27 bits per heavy atom. The highest BCUT2D eigenvalue weighted by atomic mass is 35.5. The average Bonchev–Trinajstić information content (AvgIpc) is 1.60. The van der Waals surface area contributed by atoms with Gasteiger partial charge in [-0.05, 0) is 6.92 Å². The van der Waals surface area contributed by atoms with E-state index in [0.717, 1.165) is 13.1 Å². The van der Waals surface area contributed by atoms with Crippen LogP contribution < -0.4 is 10.6 Å². The lowest BCUT2D eigenvalue weighted by Gasteiger charge is -2.41. The minimum atomic E-state index is 0. The molecule has 2 N–H and O–H groups in total. The first kappa shape index (κ1) is 14.0. The van der Waals surface area contributed by atoms with Gasteiger partial charge in [0.2, 0.25) is 0 Å². The van der Waals surface area contributed by atoms with Crippen LogP contribution in [0, 0.1) is 0 Å². The molecule has 0 amide bonds. The highest BCUT2D eigenvalue weighted by molar-refractivity contribution is 5.85. The fourth-order valence-corrected chi connectivity index (χ4v) is 1.30. The van der Waals surface area contributed by atoms with Crippen LogP contribution in [-0.4, -0.2) is 24.7 Å². The van der Waals surface area contributed by atoms with Crippen molar-refractivity contribution in [2.24, 2.45) is 0 Å². The average molecular weight is 201 g/mol. The smallest absolute Gasteiger partial charge is 0.0405 e. The second-order valence-corrected chi connectivity index (χ2v) is 3.46. The summed E-state index contributed by atoms with van der Waals surface area (Å²) in [5.74, 6) is 0. The fourth-order valence-electron chi connectivity index (χ4n) is 1.30. The first-order valence-corrected chi connectivity index (χ1v) is 3.61. The molecule has 1 aliphatic rings. The molecule has 0 aromatic heterocycles. The molecule has 0 atom stereocenters. The van der Waals surface area contributed by atoms with Gasteiger partial charge in [-0.3, -0.25) is 0 Å². The lowest BCUT2D eigenvalue weighted by molar-refractivity contribution is 0.222. The predicted molar refractivity (Wildman–Crippen MR) is 54.0 cm³/mol. The summed E-state index contributed by atoms with van der Waals surface area (Å²) in [4.78, 5) is 0. The Morgan fingerprint density at radius 2 is 1.73 bits per heavy atom. The van der Waals surface area contributed by atoms with Crippen LogP contribution in [0.4, 0.5) is 0 Å². The van der Waals surface area contributed by atoms with Crippen LogP contribution in [-0.2, 0) is 0 Å². The van der Waals surface area contributed by atoms with Crippen LogP contribution in [0.2, 0.25) is 0 Å². The van der Waals surface area contributed by atoms with E-state index in [1.807, 2.05) is 0 Å². The topological polar surface area (TPSA) is 24.1 Å². The molecule has 0 aromatic rings. The van der Waals surface area contributed by atoms with E-state index in [0.29, 0.717) is 11.6 Å². The van der Waals surface area contributed by atoms with Crippen molar-refractivity contribution in [3.8, 4) is 0 Å². The number of nitrogens with one attached hydrogen (secondary N) is 2. The highest BCUT2D eigenvalue weighted by Crippen LogP contribution is 2.09. The molecule has 0 unspecified atom stereocenters. The summed E-state index contributed by atoms with van der Waals surface area (Å²) in [5, 5.41) is 6.74. The Labute approximate surface area is 81.3 Å². The number of hydrogen-bond donors (Lipinski definition) is 2. The largest absolute Gasteiger partial charge is 0.313 e. The van der Waals surface area contributed by atoms with Gasteiger partial charge in [0.25, 0.3) is 0 Å². The van der Waals surface area contributed by atoms with Crippen molar-refractivity contribution in [2.75, 3.05) is 13.1 Å². The summed E-state index contributed by atoms with van der Waals surface area (Å²) in [6, 6.07) is 0.608. The Bertz CT molecular complexity index is 103. The third kappa shape index (κ3) is 4.16. The zero-order valence-electron chi connectivity index (χ0n) is 7.31. The zero-order valence-corrected chi connectivity index (χ0v) is 8.94. The molecule has 0 saturated carbocycles. The van der Waals surface area contributed by atoms with E-state index in [4.69, 9.17) is 0 Å². The van der Waals surface area contributed by atoms with Gasteiger partial charge >= 0.3 is 0 Å². The lowest BCUT2D eigenvalue weighted by atomic mass is 9.94. The van der Waals surface area contributed by atoms with Crippen LogP contribution in [0.3, 0.4) is 0 Å². The van der Waals surface area contributed by atoms with E-state index in [9.17, 15) is 0 Å². The molecule has 0 radical (unpaired) electrons. The van der Waals surface area contributed by atoms with Gasteiger partial charge in [0, 0.05) is 24.7 Å². The Balaban J connectivity index is 0. The van der Waals surface area contributed by atoms with E-state index >= 15 is 0 Å². The van der Waals surface area contributed by atoms with E-state index in [-0.39, 0.29) is 24.8 Å². The second-order valence-electron chi connectivity index (χ2n) is 3.46. The van der Waals surface area contributed by atoms with Crippen molar-refractivity contribution >= 4 is 24.8 Å². The second kappa shape index (κ2) is 5.20. The maximum absolute atomic E-state index is 3.49. The summed E-state index contributed by atoms with van der Waals surface area (Å²) >= 11 is 0. The van der Waals surface area contributed by atoms with Gasteiger partial charge < -0.3 is 10.6 Å². The fraction of sp³-hybridized carbons (Fsp3) is 1.00. The minimum Gasteiger partial charge on any atom is -0.313 e. The lowest BCUT2D eigenvalue weighted by Crippen LogP contribution is -2.67. The van der Waals surface area contributed by atoms with Crippen molar-refractivity contribution in [1.82, 2.24) is 10.6 Å². The quantitative estimate of drug-likeness (QED) is 0.701. The van der Waals surface area contributed by atoms with Crippen molar-refractivity contribution in [1.29, 1.82) is 0 Å². The van der Waals surface area contributed by atoms with Gasteiger partial charge in [-0.15, -0.1) is 24.8 Å². The van der Waals surface area contributed by atoms with Gasteiger partial charge in [-0.2, -0.15) is 0 Å². The standard InChI is InChI=1S/C7H16N2.2ClH/c1-6(2)9-7(3)4-8-5-7;;/h6,8-9H,4-5H2,1-3H3;2*1H. The summed E-state index contributed by atoms with van der Waals surface area (Å²) < 4.78 is 0. The first-order chi connectivity index (χ1) is 4.12. The normalized spacial score (nSPS) is 19.6. The summed E-state index contributed by atoms with van der Waals surface area (Å²) in [6.45, 7) is 8.85. The van der Waals surface area contributed by atoms with Crippen LogP contribution in [0.5, 0.6) is 0 Å². The first-order valence-electron chi connectivity index (χ1n) is 3.61. The Kier molecular flexibility index (Phi) is 6.64. The molecule has 70 valence electrons. The van der Waals surface area contributed by atoms with Crippen molar-refractivity contribution in [2.45, 2.75) is 32.4 Å². The number of hydrogen-bond acceptors (Lipinski definition) is 2.